The number of aliphatic hydroxyl groups excluding tert-OH is 2. The van der Waals surface area contributed by atoms with Gasteiger partial charge in [-0.1, -0.05) is 31.2 Å². The summed E-state index contributed by atoms with van der Waals surface area (Å²) in [6.07, 6.45) is -0.769. The molecule has 0 saturated carbocycles. The van der Waals surface area contributed by atoms with Crippen molar-refractivity contribution in [2.45, 2.75) is 44.0 Å². The van der Waals surface area contributed by atoms with E-state index in [0.29, 0.717) is 18.8 Å². The molecular formula is C24H26N2O5S. The van der Waals surface area contributed by atoms with Crippen LogP contribution in [0.25, 0.3) is 10.8 Å². The van der Waals surface area contributed by atoms with E-state index in [4.69, 9.17) is 4.74 Å². The molecular weight excluding hydrogens is 428 g/mol. The number of methoxy groups -OCH3 is 1. The fourth-order valence-corrected chi connectivity index (χ4v) is 6.61. The van der Waals surface area contributed by atoms with Crippen molar-refractivity contribution in [3.63, 3.8) is 0 Å². The van der Waals surface area contributed by atoms with E-state index in [1.807, 2.05) is 31.2 Å². The second-order valence-corrected chi connectivity index (χ2v) is 9.84. The van der Waals surface area contributed by atoms with Gasteiger partial charge in [0.2, 0.25) is 5.91 Å². The van der Waals surface area contributed by atoms with Gasteiger partial charge in [0.25, 0.3) is 0 Å². The first-order valence-electron chi connectivity index (χ1n) is 10.8. The Kier molecular flexibility index (Phi) is 5.28. The van der Waals surface area contributed by atoms with Crippen LogP contribution >= 0.6 is 11.9 Å². The van der Waals surface area contributed by atoms with Crippen LogP contribution in [-0.2, 0) is 27.5 Å². The molecule has 8 heteroatoms. The number of carbonyl (C=O) groups is 2. The van der Waals surface area contributed by atoms with Crippen LogP contribution in [0.5, 0.6) is 0 Å². The number of benzene rings is 2. The van der Waals surface area contributed by atoms with E-state index in [9.17, 15) is 19.8 Å². The Hall–Kier alpha value is -2.39. The van der Waals surface area contributed by atoms with Crippen LogP contribution in [0.4, 0.5) is 0 Å². The summed E-state index contributed by atoms with van der Waals surface area (Å²) in [7, 11) is 1.32. The minimum Gasteiger partial charge on any atom is -0.464 e. The molecule has 0 radical (unpaired) electrons. The summed E-state index contributed by atoms with van der Waals surface area (Å²) in [5.41, 5.74) is 3.23. The quantitative estimate of drug-likeness (QED) is 0.407. The molecule has 2 aromatic carbocycles. The van der Waals surface area contributed by atoms with Gasteiger partial charge in [0.05, 0.1) is 31.8 Å². The number of nitrogens with zero attached hydrogens (tertiary/aromatic N) is 2. The monoisotopic (exact) mass is 454 g/mol. The van der Waals surface area contributed by atoms with Gasteiger partial charge in [0.15, 0.2) is 0 Å². The lowest BCUT2D eigenvalue weighted by molar-refractivity contribution is -0.163. The Bertz CT molecular complexity index is 1160. The van der Waals surface area contributed by atoms with E-state index in [2.05, 4.69) is 10.4 Å². The molecule has 5 rings (SSSR count). The molecule has 2 aromatic rings. The summed E-state index contributed by atoms with van der Waals surface area (Å²) < 4.78 is 7.17. The number of rotatable bonds is 5. The third-order valence-corrected chi connectivity index (χ3v) is 8.15. The molecule has 1 amide bonds. The normalized spacial score (nSPS) is 25.7. The van der Waals surface area contributed by atoms with Crippen molar-refractivity contribution in [2.24, 2.45) is 11.8 Å². The predicted octanol–water partition coefficient (Wildman–Crippen LogP) is 2.44. The molecule has 1 fully saturated rings. The molecule has 0 aromatic heterocycles. The van der Waals surface area contributed by atoms with Crippen molar-refractivity contribution in [3.8, 4) is 0 Å². The number of β-lactam (4-membered cyclic amide) rings is 1. The van der Waals surface area contributed by atoms with E-state index in [-0.39, 0.29) is 24.5 Å². The van der Waals surface area contributed by atoms with E-state index < -0.39 is 18.0 Å². The minimum absolute atomic E-state index is 0.0442. The van der Waals surface area contributed by atoms with Gasteiger partial charge in [-0.25, -0.2) is 9.10 Å². The van der Waals surface area contributed by atoms with Gasteiger partial charge in [-0.15, -0.1) is 0 Å². The molecule has 3 heterocycles. The van der Waals surface area contributed by atoms with Crippen LogP contribution in [0.1, 0.15) is 25.0 Å². The van der Waals surface area contributed by atoms with Crippen molar-refractivity contribution in [3.05, 3.63) is 52.7 Å². The van der Waals surface area contributed by atoms with E-state index in [1.165, 1.54) is 12.0 Å². The van der Waals surface area contributed by atoms with Gasteiger partial charge >= 0.3 is 5.97 Å². The zero-order chi connectivity index (χ0) is 22.7. The highest BCUT2D eigenvalue weighted by atomic mass is 32.2. The van der Waals surface area contributed by atoms with Gasteiger partial charge in [-0.3, -0.25) is 4.79 Å². The standard InChI is InChI=1S/C24H26N2O5S/c1-12-17(21(24(30)31-3)26-20(12)19(13(2)28)23(26)29)10-25-9-15-8-14-6-4-5-7-16(14)18(11-27)22(15)32-25/h4-8,12-13,19-20,27-28H,9-11H2,1-3H3. The van der Waals surface area contributed by atoms with Crippen molar-refractivity contribution >= 4 is 34.6 Å². The maximum Gasteiger partial charge on any atom is 0.354 e. The number of hydrogen-bond donors (Lipinski definition) is 2. The topological polar surface area (TPSA) is 90.3 Å². The van der Waals surface area contributed by atoms with Crippen LogP contribution in [0.2, 0.25) is 0 Å². The first kappa shape index (κ1) is 21.5. The molecule has 0 bridgehead atoms. The fraction of sp³-hybridized carbons (Fsp3) is 0.417. The Morgan fingerprint density at radius 2 is 2.09 bits per heavy atom. The lowest BCUT2D eigenvalue weighted by Crippen LogP contribution is -2.63. The highest BCUT2D eigenvalue weighted by Gasteiger charge is 2.60. The number of hydrogen-bond acceptors (Lipinski definition) is 7. The summed E-state index contributed by atoms with van der Waals surface area (Å²) in [5.74, 6) is -1.31. The number of carbonyl (C=O) groups excluding carboxylic acids is 2. The van der Waals surface area contributed by atoms with Crippen LogP contribution < -0.4 is 0 Å². The highest BCUT2D eigenvalue weighted by molar-refractivity contribution is 7.97. The van der Waals surface area contributed by atoms with E-state index in [0.717, 1.165) is 32.4 Å². The Morgan fingerprint density at radius 1 is 1.34 bits per heavy atom. The third-order valence-electron chi connectivity index (χ3n) is 6.95. The second-order valence-electron chi connectivity index (χ2n) is 8.73. The highest BCUT2D eigenvalue weighted by Crippen LogP contribution is 2.49. The van der Waals surface area contributed by atoms with E-state index in [1.54, 1.807) is 18.9 Å². The molecule has 2 N–H and O–H groups in total. The molecule has 4 unspecified atom stereocenters. The molecule has 0 aliphatic carbocycles. The first-order chi connectivity index (χ1) is 15.4. The molecule has 4 atom stereocenters. The smallest absolute Gasteiger partial charge is 0.354 e. The van der Waals surface area contributed by atoms with Crippen LogP contribution in [0, 0.1) is 11.8 Å². The van der Waals surface area contributed by atoms with Gasteiger partial charge < -0.3 is 19.8 Å². The van der Waals surface area contributed by atoms with Crippen LogP contribution in [0.3, 0.4) is 0 Å². The lowest BCUT2D eigenvalue weighted by atomic mass is 9.78. The molecule has 3 aliphatic heterocycles. The van der Waals surface area contributed by atoms with Gasteiger partial charge in [0, 0.05) is 29.5 Å². The summed E-state index contributed by atoms with van der Waals surface area (Å²) in [4.78, 5) is 27.9. The summed E-state index contributed by atoms with van der Waals surface area (Å²) in [6.45, 7) is 4.74. The number of amides is 1. The maximum absolute atomic E-state index is 12.7. The summed E-state index contributed by atoms with van der Waals surface area (Å²) >= 11 is 1.58. The maximum atomic E-state index is 12.7. The van der Waals surface area contributed by atoms with Crippen molar-refractivity contribution < 1.29 is 24.5 Å². The molecule has 168 valence electrons. The largest absolute Gasteiger partial charge is 0.464 e. The average molecular weight is 455 g/mol. The molecule has 32 heavy (non-hydrogen) atoms. The van der Waals surface area contributed by atoms with Gasteiger partial charge in [-0.05, 0) is 46.8 Å². The lowest BCUT2D eigenvalue weighted by Gasteiger charge is -2.46. The first-order valence-corrected chi connectivity index (χ1v) is 11.5. The van der Waals surface area contributed by atoms with Gasteiger partial charge in [0.1, 0.15) is 5.70 Å². The second kappa shape index (κ2) is 7.88. The number of fused-ring (bicyclic) bond motifs is 3. The van der Waals surface area contributed by atoms with Crippen molar-refractivity contribution in [1.82, 2.24) is 9.21 Å². The van der Waals surface area contributed by atoms with Gasteiger partial charge in [-0.2, -0.15) is 0 Å². The molecule has 7 nitrogen and oxygen atoms in total. The number of aliphatic hydroxyl groups is 2. The van der Waals surface area contributed by atoms with Crippen molar-refractivity contribution in [2.75, 3.05) is 13.7 Å². The third kappa shape index (κ3) is 3.01. The molecule has 0 spiro atoms. The Morgan fingerprint density at radius 3 is 2.78 bits per heavy atom. The van der Waals surface area contributed by atoms with Crippen molar-refractivity contribution in [1.29, 1.82) is 0 Å². The number of esters is 1. The predicted molar refractivity (Wildman–Crippen MR) is 120 cm³/mol. The average Bonchev–Trinajstić information content (AvgIpc) is 3.28. The summed E-state index contributed by atoms with van der Waals surface area (Å²) in [6, 6.07) is 9.96. The molecule has 1 saturated heterocycles. The fourth-order valence-electron chi connectivity index (χ4n) is 5.42. The zero-order valence-electron chi connectivity index (χ0n) is 18.2. The van der Waals surface area contributed by atoms with Crippen LogP contribution in [0.15, 0.2) is 46.5 Å². The van der Waals surface area contributed by atoms with E-state index >= 15 is 0 Å². The molecule has 3 aliphatic rings. The Labute approximate surface area is 190 Å². The van der Waals surface area contributed by atoms with Crippen LogP contribution in [-0.4, -0.2) is 57.1 Å². The summed E-state index contributed by atoms with van der Waals surface area (Å²) in [5, 5.41) is 22.3. The number of ether oxygens (including phenoxy) is 1. The SMILES string of the molecule is COC(=O)C1=C(CN2Cc3cc4ccccc4c(CO)c3S2)C(C)C2C(C(C)O)C(=O)N12. The zero-order valence-corrected chi connectivity index (χ0v) is 19.1. The Balaban J connectivity index is 1.48. The minimum atomic E-state index is -0.769.